The lowest BCUT2D eigenvalue weighted by atomic mass is 9.99. The Kier molecular flexibility index (Phi) is 6.56. The third kappa shape index (κ3) is 4.94. The molecule has 1 fully saturated rings. The molecule has 5 atom stereocenters. The van der Waals surface area contributed by atoms with Crippen molar-refractivity contribution in [3.05, 3.63) is 0 Å². The number of rotatable bonds is 4. The molecule has 1 heterocycles. The molecule has 21 heavy (non-hydrogen) atoms. The van der Waals surface area contributed by atoms with Crippen molar-refractivity contribution in [3.8, 4) is 0 Å². The highest BCUT2D eigenvalue weighted by Gasteiger charge is 2.50. The van der Waals surface area contributed by atoms with Gasteiger partial charge in [-0.2, -0.15) is 0 Å². The minimum absolute atomic E-state index is 0.215. The first-order valence-corrected chi connectivity index (χ1v) is 7.29. The largest absolute Gasteiger partial charge is 0.456 e. The van der Waals surface area contributed by atoms with Gasteiger partial charge >= 0.3 is 17.9 Å². The topological polar surface area (TPSA) is 108 Å². The molecule has 1 saturated heterocycles. The summed E-state index contributed by atoms with van der Waals surface area (Å²) in [4.78, 5) is 33.6. The summed E-state index contributed by atoms with van der Waals surface area (Å²) in [6.07, 6.45) is -5.74. The number of hydrogen-bond acceptors (Lipinski definition) is 8. The summed E-state index contributed by atoms with van der Waals surface area (Å²) < 4.78 is 20.3. The number of hydrogen-bond donors (Lipinski definition) is 1. The third-order valence-corrected chi connectivity index (χ3v) is 3.31. The first-order valence-electron chi connectivity index (χ1n) is 6.17. The lowest BCUT2D eigenvalue weighted by Gasteiger charge is -2.42. The van der Waals surface area contributed by atoms with Crippen LogP contribution in [0.1, 0.15) is 20.8 Å². The van der Waals surface area contributed by atoms with E-state index in [1.165, 1.54) is 6.92 Å². The van der Waals surface area contributed by atoms with E-state index in [4.69, 9.17) is 18.9 Å². The summed E-state index contributed by atoms with van der Waals surface area (Å²) in [5.74, 6) is -1.99. The van der Waals surface area contributed by atoms with E-state index in [0.29, 0.717) is 0 Å². The number of aliphatic hydroxyl groups is 1. The molecule has 9 heteroatoms. The normalized spacial score (nSPS) is 32.1. The monoisotopic (exact) mass is 368 g/mol. The Morgan fingerprint density at radius 2 is 1.38 bits per heavy atom. The van der Waals surface area contributed by atoms with Crippen LogP contribution in [-0.2, 0) is 33.3 Å². The molecule has 0 aromatic rings. The van der Waals surface area contributed by atoms with E-state index in [1.54, 1.807) is 0 Å². The number of alkyl halides is 1. The smallest absolute Gasteiger partial charge is 0.303 e. The van der Waals surface area contributed by atoms with Gasteiger partial charge in [-0.05, 0) is 0 Å². The van der Waals surface area contributed by atoms with Gasteiger partial charge in [0, 0.05) is 26.1 Å². The molecule has 0 unspecified atom stereocenters. The van der Waals surface area contributed by atoms with Gasteiger partial charge in [0.05, 0.1) is 0 Å². The van der Waals surface area contributed by atoms with Crippen molar-refractivity contribution >= 4 is 33.8 Å². The molecular weight excluding hydrogens is 352 g/mol. The lowest BCUT2D eigenvalue weighted by Crippen LogP contribution is -2.61. The standard InChI is InChI=1S/C12H17BrO8/c1-5(14)18-9-8(4-13)21-12(17)11(20-7(3)16)10(9)19-6(2)15/h8-12,17H,4H2,1-3H3/t8-,9-,10+,11-,12-/m1/s1. The second-order valence-corrected chi connectivity index (χ2v) is 5.09. The second kappa shape index (κ2) is 7.71. The molecule has 1 aliphatic heterocycles. The molecule has 1 N–H and O–H groups in total. The number of halogens is 1. The number of carbonyl (C=O) groups excluding carboxylic acids is 3. The zero-order valence-corrected chi connectivity index (χ0v) is 13.4. The van der Waals surface area contributed by atoms with Crippen molar-refractivity contribution in [2.75, 3.05) is 5.33 Å². The molecule has 0 saturated carbocycles. The van der Waals surface area contributed by atoms with Crippen LogP contribution in [0.5, 0.6) is 0 Å². The first-order chi connectivity index (χ1) is 9.76. The molecule has 1 aliphatic rings. The quantitative estimate of drug-likeness (QED) is 0.416. The van der Waals surface area contributed by atoms with Crippen LogP contribution in [0.3, 0.4) is 0 Å². The van der Waals surface area contributed by atoms with Gasteiger partial charge < -0.3 is 24.1 Å². The van der Waals surface area contributed by atoms with Crippen molar-refractivity contribution in [2.45, 2.75) is 51.5 Å². The fourth-order valence-corrected chi connectivity index (χ4v) is 2.52. The average Bonchev–Trinajstić information content (AvgIpc) is 2.35. The Balaban J connectivity index is 3.08. The Labute approximate surface area is 129 Å². The van der Waals surface area contributed by atoms with Crippen molar-refractivity contribution < 1.29 is 38.4 Å². The maximum Gasteiger partial charge on any atom is 0.303 e. The van der Waals surface area contributed by atoms with Crippen LogP contribution in [0, 0.1) is 0 Å². The molecule has 0 radical (unpaired) electrons. The van der Waals surface area contributed by atoms with Crippen molar-refractivity contribution in [1.82, 2.24) is 0 Å². The number of carbonyl (C=O) groups is 3. The molecule has 0 amide bonds. The zero-order valence-electron chi connectivity index (χ0n) is 11.8. The molecule has 0 aliphatic carbocycles. The van der Waals surface area contributed by atoms with Crippen LogP contribution < -0.4 is 0 Å². The van der Waals surface area contributed by atoms with Gasteiger partial charge in [-0.25, -0.2) is 0 Å². The maximum atomic E-state index is 11.2. The predicted molar refractivity (Wildman–Crippen MR) is 71.3 cm³/mol. The molecule has 0 aromatic carbocycles. The molecule has 8 nitrogen and oxygen atoms in total. The zero-order chi connectivity index (χ0) is 16.2. The second-order valence-electron chi connectivity index (χ2n) is 4.44. The number of ether oxygens (including phenoxy) is 4. The van der Waals surface area contributed by atoms with Gasteiger partial charge in [-0.3, -0.25) is 14.4 Å². The molecule has 1 rings (SSSR count). The summed E-state index contributed by atoms with van der Waals surface area (Å²) in [6.45, 7) is 3.47. The van der Waals surface area contributed by atoms with Crippen molar-refractivity contribution in [3.63, 3.8) is 0 Å². The molecule has 0 spiro atoms. The molecule has 120 valence electrons. The van der Waals surface area contributed by atoms with Crippen LogP contribution in [0.2, 0.25) is 0 Å². The van der Waals surface area contributed by atoms with Crippen LogP contribution in [0.25, 0.3) is 0 Å². The van der Waals surface area contributed by atoms with E-state index in [-0.39, 0.29) is 5.33 Å². The average molecular weight is 369 g/mol. The maximum absolute atomic E-state index is 11.2. The summed E-state index contributed by atoms with van der Waals surface area (Å²) in [5.41, 5.74) is 0. The molecule has 0 aromatic heterocycles. The first kappa shape index (κ1) is 17.9. The predicted octanol–water partition coefficient (Wildman–Crippen LogP) is -0.106. The Bertz CT molecular complexity index is 412. The number of aliphatic hydroxyl groups excluding tert-OH is 1. The summed E-state index contributed by atoms with van der Waals surface area (Å²) in [5, 5.41) is 10.1. The summed E-state index contributed by atoms with van der Waals surface area (Å²) in [6, 6.07) is 0. The van der Waals surface area contributed by atoms with E-state index in [0.717, 1.165) is 13.8 Å². The molecule has 0 bridgehead atoms. The Morgan fingerprint density at radius 1 is 0.952 bits per heavy atom. The van der Waals surface area contributed by atoms with Crippen LogP contribution in [0.4, 0.5) is 0 Å². The van der Waals surface area contributed by atoms with Gasteiger partial charge in [-0.15, -0.1) is 0 Å². The van der Waals surface area contributed by atoms with E-state index in [1.807, 2.05) is 0 Å². The number of esters is 3. The van der Waals surface area contributed by atoms with Crippen molar-refractivity contribution in [1.29, 1.82) is 0 Å². The molecular formula is C12H17BrO8. The van der Waals surface area contributed by atoms with Gasteiger partial charge in [0.25, 0.3) is 0 Å². The Morgan fingerprint density at radius 3 is 1.81 bits per heavy atom. The van der Waals surface area contributed by atoms with E-state index in [9.17, 15) is 19.5 Å². The summed E-state index contributed by atoms with van der Waals surface area (Å²) in [7, 11) is 0. The fraction of sp³-hybridized carbons (Fsp3) is 0.750. The van der Waals surface area contributed by atoms with Gasteiger partial charge in [0.15, 0.2) is 24.6 Å². The van der Waals surface area contributed by atoms with Crippen LogP contribution in [0.15, 0.2) is 0 Å². The van der Waals surface area contributed by atoms with Crippen LogP contribution in [-0.4, -0.2) is 59.1 Å². The fourth-order valence-electron chi connectivity index (χ4n) is 2.00. The third-order valence-electron chi connectivity index (χ3n) is 2.67. The van der Waals surface area contributed by atoms with E-state index in [2.05, 4.69) is 15.9 Å². The van der Waals surface area contributed by atoms with Crippen LogP contribution >= 0.6 is 15.9 Å². The lowest BCUT2D eigenvalue weighted by molar-refractivity contribution is -0.287. The van der Waals surface area contributed by atoms with E-state index >= 15 is 0 Å². The van der Waals surface area contributed by atoms with Gasteiger partial charge in [0.2, 0.25) is 0 Å². The van der Waals surface area contributed by atoms with Crippen molar-refractivity contribution in [2.24, 2.45) is 0 Å². The highest BCUT2D eigenvalue weighted by atomic mass is 79.9. The minimum atomic E-state index is -1.51. The minimum Gasteiger partial charge on any atom is -0.456 e. The highest BCUT2D eigenvalue weighted by Crippen LogP contribution is 2.28. The van der Waals surface area contributed by atoms with E-state index < -0.39 is 48.6 Å². The SMILES string of the molecule is CC(=O)O[C@@H]1[C@@H](OC(C)=O)[C@H](O)O[C@H](CBr)[C@H]1OC(C)=O. The van der Waals surface area contributed by atoms with Gasteiger partial charge in [0.1, 0.15) is 6.10 Å². The Hall–Kier alpha value is -1.19. The van der Waals surface area contributed by atoms with Gasteiger partial charge in [-0.1, -0.05) is 15.9 Å². The highest BCUT2D eigenvalue weighted by molar-refractivity contribution is 9.09. The summed E-state index contributed by atoms with van der Waals surface area (Å²) >= 11 is 3.16.